The lowest BCUT2D eigenvalue weighted by Crippen LogP contribution is -2.20. The Morgan fingerprint density at radius 2 is 2.08 bits per heavy atom. The second kappa shape index (κ2) is 10.2. The van der Waals surface area contributed by atoms with Crippen LogP contribution in [0.5, 0.6) is 0 Å². The highest BCUT2D eigenvalue weighted by molar-refractivity contribution is 8.04. The van der Waals surface area contributed by atoms with Gasteiger partial charge in [0.1, 0.15) is 5.40 Å². The number of rotatable bonds is 4. The maximum Gasteiger partial charge on any atom is 0.152 e. The SMILES string of the molecule is C=C/C=C\C1=C(CC)C(SC#N)c2ccccc2S(=O)N1C.CC. The zero-order valence-corrected chi connectivity index (χ0v) is 16.3. The molecule has 0 aromatic heterocycles. The Kier molecular flexibility index (Phi) is 8.59. The number of fused-ring (bicyclic) bond motifs is 1. The lowest BCUT2D eigenvalue weighted by molar-refractivity contribution is 0.611. The lowest BCUT2D eigenvalue weighted by atomic mass is 10.00. The van der Waals surface area contributed by atoms with Crippen LogP contribution in [0, 0.1) is 10.7 Å². The average Bonchev–Trinajstić information content (AvgIpc) is 2.71. The molecule has 24 heavy (non-hydrogen) atoms. The van der Waals surface area contributed by atoms with Gasteiger partial charge >= 0.3 is 0 Å². The Morgan fingerprint density at radius 1 is 1.42 bits per heavy atom. The Hall–Kier alpha value is -1.77. The van der Waals surface area contributed by atoms with Gasteiger partial charge in [0.15, 0.2) is 11.0 Å². The van der Waals surface area contributed by atoms with Crippen LogP contribution in [0.3, 0.4) is 0 Å². The molecule has 2 atom stereocenters. The molecule has 0 fully saturated rings. The maximum absolute atomic E-state index is 12.9. The van der Waals surface area contributed by atoms with Gasteiger partial charge in [-0.25, -0.2) is 4.21 Å². The first kappa shape index (κ1) is 20.3. The van der Waals surface area contributed by atoms with Crippen molar-refractivity contribution in [3.05, 3.63) is 65.9 Å². The van der Waals surface area contributed by atoms with Gasteiger partial charge in [-0.1, -0.05) is 57.7 Å². The number of thioether (sulfide) groups is 1. The zero-order chi connectivity index (χ0) is 18.1. The second-order valence-corrected chi connectivity index (χ2v) is 7.11. The van der Waals surface area contributed by atoms with E-state index in [2.05, 4.69) is 18.9 Å². The number of hydrogen-bond acceptors (Lipinski definition) is 3. The summed E-state index contributed by atoms with van der Waals surface area (Å²) in [5, 5.41) is 11.3. The third-order valence-corrected chi connectivity index (χ3v) is 5.89. The summed E-state index contributed by atoms with van der Waals surface area (Å²) in [5.74, 6) is 0. The molecular formula is C19H24N2OS2. The van der Waals surface area contributed by atoms with E-state index in [0.717, 1.165) is 28.1 Å². The molecule has 1 aliphatic heterocycles. The molecule has 0 saturated heterocycles. The highest BCUT2D eigenvalue weighted by Crippen LogP contribution is 2.44. The highest BCUT2D eigenvalue weighted by atomic mass is 32.2. The summed E-state index contributed by atoms with van der Waals surface area (Å²) >= 11 is 1.21. The minimum Gasteiger partial charge on any atom is -0.291 e. The van der Waals surface area contributed by atoms with Crippen LogP contribution in [0.4, 0.5) is 0 Å². The summed E-state index contributed by atoms with van der Waals surface area (Å²) in [7, 11) is 0.534. The lowest BCUT2D eigenvalue weighted by Gasteiger charge is -2.21. The quantitative estimate of drug-likeness (QED) is 0.537. The van der Waals surface area contributed by atoms with E-state index < -0.39 is 11.0 Å². The van der Waals surface area contributed by atoms with Crippen molar-refractivity contribution in [2.45, 2.75) is 37.3 Å². The predicted octanol–water partition coefficient (Wildman–Crippen LogP) is 5.34. The first-order chi connectivity index (χ1) is 11.7. The number of nitriles is 1. The Balaban J connectivity index is 0.00000139. The van der Waals surface area contributed by atoms with Crippen LogP contribution in [0.2, 0.25) is 0 Å². The van der Waals surface area contributed by atoms with E-state index >= 15 is 0 Å². The first-order valence-corrected chi connectivity index (χ1v) is 9.95. The van der Waals surface area contributed by atoms with Crippen LogP contribution < -0.4 is 0 Å². The summed E-state index contributed by atoms with van der Waals surface area (Å²) in [6.07, 6.45) is 6.23. The number of benzene rings is 1. The molecule has 1 heterocycles. The molecule has 0 radical (unpaired) electrons. The standard InChI is InChI=1S/C17H18N2OS2.C2H6/c1-4-6-10-15-13(5-2)17(21-12-18)14-9-7-8-11-16(14)22(20)19(15)3;1-2/h4,6-11,17H,1,5H2,2-3H3;1-2H3/b10-6-;. The van der Waals surface area contributed by atoms with Gasteiger partial charge in [-0.05, 0) is 41.5 Å². The number of thiocyanates is 1. The highest BCUT2D eigenvalue weighted by Gasteiger charge is 2.30. The van der Waals surface area contributed by atoms with Crippen LogP contribution in [0.25, 0.3) is 0 Å². The van der Waals surface area contributed by atoms with Crippen LogP contribution in [0.1, 0.15) is 38.0 Å². The smallest absolute Gasteiger partial charge is 0.152 e. The molecule has 0 aliphatic carbocycles. The molecule has 1 aliphatic rings. The van der Waals surface area contributed by atoms with Crippen molar-refractivity contribution in [1.82, 2.24) is 4.31 Å². The summed E-state index contributed by atoms with van der Waals surface area (Å²) in [6.45, 7) is 9.76. The Morgan fingerprint density at radius 3 is 2.67 bits per heavy atom. The van der Waals surface area contributed by atoms with Gasteiger partial charge in [-0.2, -0.15) is 5.26 Å². The second-order valence-electron chi connectivity index (χ2n) is 4.73. The van der Waals surface area contributed by atoms with Gasteiger partial charge in [0.25, 0.3) is 0 Å². The molecule has 1 aromatic rings. The van der Waals surface area contributed by atoms with Gasteiger partial charge in [0.05, 0.1) is 10.1 Å². The molecule has 0 N–H and O–H groups in total. The summed E-state index contributed by atoms with van der Waals surface area (Å²) in [4.78, 5) is 0.769. The number of nitrogens with zero attached hydrogens (tertiary/aromatic N) is 2. The number of allylic oxidation sites excluding steroid dienone is 3. The summed E-state index contributed by atoms with van der Waals surface area (Å²) in [5.41, 5.74) is 2.95. The molecule has 0 saturated carbocycles. The molecule has 2 rings (SSSR count). The van der Waals surface area contributed by atoms with E-state index in [-0.39, 0.29) is 5.25 Å². The van der Waals surface area contributed by atoms with Crippen molar-refractivity contribution in [3.63, 3.8) is 0 Å². The molecule has 0 spiro atoms. The molecule has 0 bridgehead atoms. The van der Waals surface area contributed by atoms with Gasteiger partial charge in [0.2, 0.25) is 0 Å². The molecule has 2 unspecified atom stereocenters. The Labute approximate surface area is 152 Å². The topological polar surface area (TPSA) is 44.1 Å². The number of likely N-dealkylation sites (N-methyl/N-ethyl adjacent to an activating group) is 1. The van der Waals surface area contributed by atoms with Crippen molar-refractivity contribution in [2.24, 2.45) is 0 Å². The first-order valence-electron chi connectivity index (χ1n) is 7.97. The summed E-state index contributed by atoms with van der Waals surface area (Å²) < 4.78 is 14.6. The van der Waals surface area contributed by atoms with E-state index in [0.29, 0.717) is 0 Å². The van der Waals surface area contributed by atoms with Crippen molar-refractivity contribution in [1.29, 1.82) is 5.26 Å². The van der Waals surface area contributed by atoms with Gasteiger partial charge in [-0.3, -0.25) is 4.31 Å². The van der Waals surface area contributed by atoms with E-state index in [4.69, 9.17) is 0 Å². The van der Waals surface area contributed by atoms with Crippen LogP contribution in [-0.4, -0.2) is 15.6 Å². The largest absolute Gasteiger partial charge is 0.291 e. The van der Waals surface area contributed by atoms with Crippen molar-refractivity contribution < 1.29 is 4.21 Å². The van der Waals surface area contributed by atoms with Gasteiger partial charge < -0.3 is 0 Å². The fourth-order valence-electron chi connectivity index (χ4n) is 2.54. The van der Waals surface area contributed by atoms with E-state index in [1.165, 1.54) is 11.8 Å². The van der Waals surface area contributed by atoms with E-state index in [1.807, 2.05) is 57.3 Å². The summed E-state index contributed by atoms with van der Waals surface area (Å²) in [6, 6.07) is 7.65. The fourth-order valence-corrected chi connectivity index (χ4v) is 4.72. The predicted molar refractivity (Wildman–Crippen MR) is 105 cm³/mol. The van der Waals surface area contributed by atoms with Gasteiger partial charge in [-0.15, -0.1) is 0 Å². The molecule has 3 nitrogen and oxygen atoms in total. The maximum atomic E-state index is 12.9. The third-order valence-electron chi connectivity index (χ3n) is 3.56. The average molecular weight is 361 g/mol. The zero-order valence-electron chi connectivity index (χ0n) is 14.7. The van der Waals surface area contributed by atoms with Crippen molar-refractivity contribution in [3.8, 4) is 5.40 Å². The molecule has 128 valence electrons. The molecule has 0 amide bonds. The number of hydrogen-bond donors (Lipinski definition) is 0. The fraction of sp³-hybridized carbons (Fsp3) is 0.316. The van der Waals surface area contributed by atoms with E-state index in [1.54, 1.807) is 10.4 Å². The van der Waals surface area contributed by atoms with E-state index in [9.17, 15) is 9.47 Å². The normalized spacial score (nSPS) is 19.9. The monoisotopic (exact) mass is 360 g/mol. The van der Waals surface area contributed by atoms with Crippen LogP contribution >= 0.6 is 11.8 Å². The van der Waals surface area contributed by atoms with Crippen LogP contribution in [-0.2, 0) is 11.0 Å². The van der Waals surface area contributed by atoms with Crippen LogP contribution in [0.15, 0.2) is 65.2 Å². The molecule has 5 heteroatoms. The molecular weight excluding hydrogens is 336 g/mol. The van der Waals surface area contributed by atoms with Crippen molar-refractivity contribution >= 4 is 22.7 Å². The third kappa shape index (κ3) is 4.19. The molecule has 1 aromatic carbocycles. The minimum atomic E-state index is -1.29. The van der Waals surface area contributed by atoms with Crippen molar-refractivity contribution in [2.75, 3.05) is 7.05 Å². The minimum absolute atomic E-state index is 0.107. The Bertz CT molecular complexity index is 702. The van der Waals surface area contributed by atoms with Gasteiger partial charge in [0, 0.05) is 12.7 Å².